The van der Waals surface area contributed by atoms with E-state index in [1.807, 2.05) is 62.4 Å². The van der Waals surface area contributed by atoms with Crippen LogP contribution in [0.1, 0.15) is 49.1 Å². The highest BCUT2D eigenvalue weighted by atomic mass is 32.1. The van der Waals surface area contributed by atoms with Crippen molar-refractivity contribution in [1.29, 1.82) is 0 Å². The number of nitrogens with one attached hydrogen (secondary N) is 2. The normalized spacial score (nSPS) is 19.3. The van der Waals surface area contributed by atoms with Gasteiger partial charge in [0.2, 0.25) is 5.91 Å². The number of morpholine rings is 1. The molecule has 0 radical (unpaired) electrons. The summed E-state index contributed by atoms with van der Waals surface area (Å²) in [6.45, 7) is 7.52. The summed E-state index contributed by atoms with van der Waals surface area (Å²) < 4.78 is 11.1. The van der Waals surface area contributed by atoms with Gasteiger partial charge in [0.25, 0.3) is 0 Å². The molecule has 0 saturated carbocycles. The molecule has 2 N–H and O–H groups in total. The molecule has 2 aliphatic rings. The minimum atomic E-state index is -0.584. The van der Waals surface area contributed by atoms with Crippen molar-refractivity contribution < 1.29 is 23.9 Å². The largest absolute Gasteiger partial charge is 0.444 e. The number of carbonyl (C=O) groups is 3. The molecular formula is C37H50N6O5S. The fourth-order valence-electron chi connectivity index (χ4n) is 6.51. The van der Waals surface area contributed by atoms with Gasteiger partial charge in [0.15, 0.2) is 0 Å². The molecular weight excluding hydrogens is 641 g/mol. The topological polar surface area (TPSA) is 116 Å². The van der Waals surface area contributed by atoms with Crippen LogP contribution >= 0.6 is 11.3 Å². The van der Waals surface area contributed by atoms with Gasteiger partial charge in [0.05, 0.1) is 23.6 Å². The number of carbonyl (C=O) groups excluding carboxylic acids is 3. The molecule has 0 aliphatic carbocycles. The Kier molecular flexibility index (Phi) is 13.4. The number of hydrogen-bond acceptors (Lipinski definition) is 8. The molecule has 12 heteroatoms. The maximum absolute atomic E-state index is 14.2. The molecule has 11 nitrogen and oxygen atoms in total. The zero-order valence-corrected chi connectivity index (χ0v) is 29.6. The minimum absolute atomic E-state index is 0.00666. The van der Waals surface area contributed by atoms with Crippen LogP contribution in [0.15, 0.2) is 72.4 Å². The molecule has 3 aromatic rings. The molecule has 5 rings (SSSR count). The molecule has 2 fully saturated rings. The van der Waals surface area contributed by atoms with E-state index in [-0.39, 0.29) is 42.7 Å². The summed E-state index contributed by atoms with van der Waals surface area (Å²) in [6.07, 6.45) is 4.26. The van der Waals surface area contributed by atoms with Crippen LogP contribution in [0.3, 0.4) is 0 Å². The van der Waals surface area contributed by atoms with Crippen LogP contribution in [-0.4, -0.2) is 108 Å². The highest BCUT2D eigenvalue weighted by Crippen LogP contribution is 2.26. The number of urea groups is 1. The van der Waals surface area contributed by atoms with E-state index in [2.05, 4.69) is 32.7 Å². The van der Waals surface area contributed by atoms with Crippen molar-refractivity contribution in [2.45, 2.75) is 82.8 Å². The Morgan fingerprint density at radius 1 is 0.959 bits per heavy atom. The highest BCUT2D eigenvalue weighted by Gasteiger charge is 2.43. The van der Waals surface area contributed by atoms with Gasteiger partial charge in [0.1, 0.15) is 12.6 Å². The Balaban J connectivity index is 1.30. The molecule has 4 atom stereocenters. The van der Waals surface area contributed by atoms with Crippen LogP contribution in [0.2, 0.25) is 0 Å². The quantitative estimate of drug-likeness (QED) is 0.252. The van der Waals surface area contributed by atoms with Crippen molar-refractivity contribution in [3.8, 4) is 0 Å². The lowest BCUT2D eigenvalue weighted by Crippen LogP contribution is -2.53. The minimum Gasteiger partial charge on any atom is -0.444 e. The van der Waals surface area contributed by atoms with E-state index in [0.29, 0.717) is 51.9 Å². The van der Waals surface area contributed by atoms with Gasteiger partial charge < -0.3 is 29.9 Å². The van der Waals surface area contributed by atoms with E-state index >= 15 is 0 Å². The highest BCUT2D eigenvalue weighted by molar-refractivity contribution is 7.09. The monoisotopic (exact) mass is 690 g/mol. The second-order valence-electron chi connectivity index (χ2n) is 13.2. The maximum Gasteiger partial charge on any atom is 0.407 e. The fraction of sp³-hybridized carbons (Fsp3) is 0.514. The smallest absolute Gasteiger partial charge is 0.407 e. The molecule has 1 aromatic heterocycles. The zero-order chi connectivity index (χ0) is 34.6. The first-order valence-electron chi connectivity index (χ1n) is 17.3. The Morgan fingerprint density at radius 2 is 1.57 bits per heavy atom. The summed E-state index contributed by atoms with van der Waals surface area (Å²) in [5.74, 6) is -0.140. The molecule has 2 aliphatic heterocycles. The second-order valence-corrected chi connectivity index (χ2v) is 14.2. The van der Waals surface area contributed by atoms with Crippen LogP contribution in [-0.2, 0) is 33.7 Å². The lowest BCUT2D eigenvalue weighted by molar-refractivity contribution is -0.125. The molecule has 0 spiro atoms. The lowest BCUT2D eigenvalue weighted by Gasteiger charge is -2.33. The zero-order valence-electron chi connectivity index (χ0n) is 28.8. The SMILES string of the molecule is CC(C)N(C)C(=O)N1C[C@@H](N2CCOCC2)C[C@H]1C(=O)N[C@H](CC[C@H](Cc1ccccc1)NC(=O)OCc1cncs1)Cc1ccccc1. The van der Waals surface area contributed by atoms with Gasteiger partial charge in [-0.25, -0.2) is 9.59 Å². The van der Waals surface area contributed by atoms with Gasteiger partial charge in [-0.3, -0.25) is 14.7 Å². The van der Waals surface area contributed by atoms with Crippen LogP contribution in [0.5, 0.6) is 0 Å². The number of likely N-dealkylation sites (tertiary alicyclic amines) is 1. The first-order valence-corrected chi connectivity index (χ1v) is 18.2. The number of amides is 4. The van der Waals surface area contributed by atoms with Crippen molar-refractivity contribution in [3.05, 3.63) is 88.4 Å². The first kappa shape index (κ1) is 36.3. The van der Waals surface area contributed by atoms with Gasteiger partial charge in [-0.1, -0.05) is 60.7 Å². The van der Waals surface area contributed by atoms with E-state index in [9.17, 15) is 14.4 Å². The first-order chi connectivity index (χ1) is 23.8. The standard InChI is InChI=1S/C37H50N6O5S/c1-27(2)41(3)37(46)43-24-32(42-16-18-47-19-17-42)22-34(43)35(44)39-30(20-28-10-6-4-7-11-28)14-15-31(21-29-12-8-5-9-13-29)40-36(45)48-25-33-23-38-26-49-33/h4-13,23,26-27,30-32,34H,14-22,24-25H2,1-3H3,(H,39,44)(H,40,45)/t30-,31-,32+,34+/m1/s1. The van der Waals surface area contributed by atoms with E-state index in [0.717, 1.165) is 29.1 Å². The molecule has 0 bridgehead atoms. The molecule has 264 valence electrons. The number of benzene rings is 2. The van der Waals surface area contributed by atoms with Gasteiger partial charge in [-0.05, 0) is 57.1 Å². The predicted octanol–water partition coefficient (Wildman–Crippen LogP) is 4.72. The van der Waals surface area contributed by atoms with Crippen molar-refractivity contribution in [2.24, 2.45) is 0 Å². The number of hydrogen-bond donors (Lipinski definition) is 2. The summed E-state index contributed by atoms with van der Waals surface area (Å²) >= 11 is 1.44. The van der Waals surface area contributed by atoms with Crippen molar-refractivity contribution in [2.75, 3.05) is 39.9 Å². The average molecular weight is 691 g/mol. The molecule has 0 unspecified atom stereocenters. The van der Waals surface area contributed by atoms with Gasteiger partial charge in [0, 0.05) is 57.0 Å². The summed E-state index contributed by atoms with van der Waals surface area (Å²) in [7, 11) is 1.80. The number of aromatic nitrogens is 1. The Bertz CT molecular complexity index is 1450. The lowest BCUT2D eigenvalue weighted by atomic mass is 9.95. The van der Waals surface area contributed by atoms with Crippen LogP contribution in [0.4, 0.5) is 9.59 Å². The summed E-state index contributed by atoms with van der Waals surface area (Å²) in [5.41, 5.74) is 3.92. The van der Waals surface area contributed by atoms with E-state index in [1.165, 1.54) is 11.3 Å². The average Bonchev–Trinajstić information content (AvgIpc) is 3.81. The van der Waals surface area contributed by atoms with Crippen LogP contribution in [0.25, 0.3) is 0 Å². The number of rotatable bonds is 14. The Labute approximate surface area is 294 Å². The van der Waals surface area contributed by atoms with Crippen molar-refractivity contribution in [1.82, 2.24) is 30.3 Å². The van der Waals surface area contributed by atoms with E-state index in [1.54, 1.807) is 28.6 Å². The van der Waals surface area contributed by atoms with Crippen LogP contribution < -0.4 is 10.6 Å². The number of thiazole rings is 1. The molecule has 2 saturated heterocycles. The van der Waals surface area contributed by atoms with E-state index < -0.39 is 12.1 Å². The molecule has 4 amide bonds. The maximum atomic E-state index is 14.2. The van der Waals surface area contributed by atoms with E-state index in [4.69, 9.17) is 9.47 Å². The van der Waals surface area contributed by atoms with Crippen LogP contribution in [0, 0.1) is 0 Å². The Hall–Kier alpha value is -4.00. The number of ether oxygens (including phenoxy) is 2. The second kappa shape index (κ2) is 18.1. The molecule has 49 heavy (non-hydrogen) atoms. The summed E-state index contributed by atoms with van der Waals surface area (Å²) in [5, 5.41) is 6.44. The third-order valence-corrected chi connectivity index (χ3v) is 10.2. The molecule has 3 heterocycles. The third-order valence-electron chi connectivity index (χ3n) is 9.48. The number of alkyl carbamates (subject to hydrolysis) is 1. The molecule has 2 aromatic carbocycles. The van der Waals surface area contributed by atoms with Gasteiger partial charge >= 0.3 is 12.1 Å². The van der Waals surface area contributed by atoms with Gasteiger partial charge in [-0.2, -0.15) is 0 Å². The van der Waals surface area contributed by atoms with Gasteiger partial charge in [-0.15, -0.1) is 11.3 Å². The summed E-state index contributed by atoms with van der Waals surface area (Å²) in [4.78, 5) is 51.6. The number of nitrogens with zero attached hydrogens (tertiary/aromatic N) is 4. The van der Waals surface area contributed by atoms with Crippen molar-refractivity contribution in [3.63, 3.8) is 0 Å². The summed E-state index contributed by atoms with van der Waals surface area (Å²) in [6, 6.07) is 19.1. The third kappa shape index (κ3) is 10.7. The fourth-order valence-corrected chi connectivity index (χ4v) is 7.02. The predicted molar refractivity (Wildman–Crippen MR) is 190 cm³/mol. The van der Waals surface area contributed by atoms with Crippen molar-refractivity contribution >= 4 is 29.4 Å². The Morgan fingerprint density at radius 3 is 2.14 bits per heavy atom.